The molecule has 0 aromatic heterocycles. The van der Waals surface area contributed by atoms with Crippen LogP contribution in [0.25, 0.3) is 0 Å². The molecule has 0 heterocycles. The Balaban J connectivity index is 4.11. The average molecular weight is 651 g/mol. The predicted octanol–water partition coefficient (Wildman–Crippen LogP) is 1.18. The molecule has 0 aliphatic heterocycles. The molecule has 0 rings (SSSR count). The zero-order valence-electron chi connectivity index (χ0n) is 26.4. The highest BCUT2D eigenvalue weighted by Crippen LogP contribution is 2.22. The zero-order valence-corrected chi connectivity index (χ0v) is 28.0. The van der Waals surface area contributed by atoms with Crippen LogP contribution < -0.4 is 16.0 Å². The van der Waals surface area contributed by atoms with E-state index in [1.54, 1.807) is 19.2 Å². The van der Waals surface area contributed by atoms with Gasteiger partial charge in [0.05, 0.1) is 36.6 Å². The molecular formula is C29H54N4O8S2. The van der Waals surface area contributed by atoms with Crippen LogP contribution in [0.3, 0.4) is 0 Å². The lowest BCUT2D eigenvalue weighted by Gasteiger charge is -2.18. The molecule has 250 valence electrons. The Morgan fingerprint density at radius 1 is 0.791 bits per heavy atom. The minimum Gasteiger partial charge on any atom is -0.394 e. The number of carbonyl (C=O) groups excluding carboxylic acids is 5. The maximum absolute atomic E-state index is 12.9. The zero-order chi connectivity index (χ0) is 32.5. The van der Waals surface area contributed by atoms with E-state index in [0.29, 0.717) is 57.7 Å². The molecule has 12 nitrogen and oxygen atoms in total. The minimum atomic E-state index is -0.820. The predicted molar refractivity (Wildman–Crippen MR) is 172 cm³/mol. The monoisotopic (exact) mass is 650 g/mol. The fourth-order valence-electron chi connectivity index (χ4n) is 4.09. The van der Waals surface area contributed by atoms with Gasteiger partial charge in [0.2, 0.25) is 17.7 Å². The van der Waals surface area contributed by atoms with Crippen LogP contribution >= 0.6 is 23.5 Å². The highest BCUT2D eigenvalue weighted by atomic mass is 32.2. The summed E-state index contributed by atoms with van der Waals surface area (Å²) >= 11 is 2.50. The van der Waals surface area contributed by atoms with Crippen molar-refractivity contribution < 1.29 is 39.0 Å². The number of hydrogen-bond acceptors (Lipinski definition) is 11. The van der Waals surface area contributed by atoms with Crippen molar-refractivity contribution in [1.29, 1.82) is 0 Å². The summed E-state index contributed by atoms with van der Waals surface area (Å²) in [5.74, 6) is 0.157. The number of nitrogens with zero attached hydrogens (tertiary/aromatic N) is 1. The highest BCUT2D eigenvalue weighted by molar-refractivity contribution is 8.00. The summed E-state index contributed by atoms with van der Waals surface area (Å²) in [6.45, 7) is 4.95. The molecule has 14 heteroatoms. The fourth-order valence-corrected chi connectivity index (χ4v) is 5.55. The van der Waals surface area contributed by atoms with E-state index in [0.717, 1.165) is 19.3 Å². The Hall–Kier alpha value is -1.71. The van der Waals surface area contributed by atoms with Gasteiger partial charge in [0.1, 0.15) is 11.6 Å². The van der Waals surface area contributed by atoms with E-state index in [-0.39, 0.29) is 71.4 Å². The first kappa shape index (κ1) is 41.3. The van der Waals surface area contributed by atoms with Crippen LogP contribution in [0.2, 0.25) is 0 Å². The smallest absolute Gasteiger partial charge is 0.230 e. The summed E-state index contributed by atoms with van der Waals surface area (Å²) in [4.78, 5) is 66.0. The van der Waals surface area contributed by atoms with Crippen LogP contribution in [-0.2, 0) is 28.8 Å². The van der Waals surface area contributed by atoms with E-state index in [4.69, 9.17) is 9.94 Å². The van der Waals surface area contributed by atoms with Gasteiger partial charge in [-0.1, -0.05) is 19.8 Å². The van der Waals surface area contributed by atoms with Gasteiger partial charge in [-0.25, -0.2) is 0 Å². The first-order chi connectivity index (χ1) is 20.5. The van der Waals surface area contributed by atoms with Crippen molar-refractivity contribution in [1.82, 2.24) is 21.0 Å². The number of amides is 3. The lowest BCUT2D eigenvalue weighted by atomic mass is 9.85. The van der Waals surface area contributed by atoms with Crippen molar-refractivity contribution in [2.75, 3.05) is 70.0 Å². The maximum Gasteiger partial charge on any atom is 0.230 e. The lowest BCUT2D eigenvalue weighted by Crippen LogP contribution is -2.31. The number of hydroxylamine groups is 2. The minimum absolute atomic E-state index is 0.00211. The standard InChI is InChI=1S/C29H54N4O8S2/c1-5-23(10-6-8-12-30-27(38)19-42-18-25(36)17-34)26(37)16-24(22(2)35)11-7-9-13-31-28(39)20-43-21-29(40)32-14-15-41-33(3)4/h23-25,34,36H,5-21H2,1-4H3,(H,30,38)(H,31,39)(H,32,40). The first-order valence-corrected chi connectivity index (χ1v) is 17.4. The Morgan fingerprint density at radius 2 is 1.30 bits per heavy atom. The van der Waals surface area contributed by atoms with E-state index in [2.05, 4.69) is 16.0 Å². The van der Waals surface area contributed by atoms with Crippen LogP contribution in [0.5, 0.6) is 0 Å². The van der Waals surface area contributed by atoms with Crippen molar-refractivity contribution in [3.05, 3.63) is 0 Å². The van der Waals surface area contributed by atoms with Crippen LogP contribution in [0.4, 0.5) is 0 Å². The van der Waals surface area contributed by atoms with E-state index < -0.39 is 6.10 Å². The van der Waals surface area contributed by atoms with Crippen molar-refractivity contribution >= 4 is 52.8 Å². The molecule has 0 aromatic carbocycles. The summed E-state index contributed by atoms with van der Waals surface area (Å²) in [6, 6.07) is 0. The SMILES string of the molecule is CCC(CCCCNC(=O)CSCC(O)CO)C(=O)CC(CCCCNC(=O)CSCC(=O)NCCON(C)C)C(C)=O. The lowest BCUT2D eigenvalue weighted by molar-refractivity contribution is -0.129. The van der Waals surface area contributed by atoms with E-state index in [1.807, 2.05) is 6.92 Å². The maximum atomic E-state index is 12.9. The van der Waals surface area contributed by atoms with Crippen LogP contribution in [0.15, 0.2) is 0 Å². The van der Waals surface area contributed by atoms with Gasteiger partial charge in [-0.3, -0.25) is 28.8 Å². The van der Waals surface area contributed by atoms with Crippen molar-refractivity contribution in [3.8, 4) is 0 Å². The molecule has 3 amide bonds. The van der Waals surface area contributed by atoms with Gasteiger partial charge in [0.15, 0.2) is 0 Å². The molecular weight excluding hydrogens is 596 g/mol. The molecule has 0 aliphatic carbocycles. The number of thioether (sulfide) groups is 2. The molecule has 0 saturated heterocycles. The third-order valence-corrected chi connectivity index (χ3v) is 8.59. The summed E-state index contributed by atoms with van der Waals surface area (Å²) in [7, 11) is 3.52. The second kappa shape index (κ2) is 26.7. The molecule has 3 unspecified atom stereocenters. The third kappa shape index (κ3) is 24.3. The quantitative estimate of drug-likeness (QED) is 0.0608. The van der Waals surface area contributed by atoms with Gasteiger partial charge >= 0.3 is 0 Å². The topological polar surface area (TPSA) is 174 Å². The molecule has 0 aromatic rings. The third-order valence-electron chi connectivity index (χ3n) is 6.57. The number of ketones is 2. The van der Waals surface area contributed by atoms with E-state index in [9.17, 15) is 29.1 Å². The largest absolute Gasteiger partial charge is 0.394 e. The van der Waals surface area contributed by atoms with Crippen molar-refractivity contribution in [2.24, 2.45) is 11.8 Å². The van der Waals surface area contributed by atoms with Crippen LogP contribution in [0, 0.1) is 11.8 Å². The van der Waals surface area contributed by atoms with Gasteiger partial charge in [0, 0.05) is 57.7 Å². The van der Waals surface area contributed by atoms with Crippen LogP contribution in [0.1, 0.15) is 65.2 Å². The number of nitrogens with one attached hydrogen (secondary N) is 3. The molecule has 0 saturated carbocycles. The molecule has 3 atom stereocenters. The van der Waals surface area contributed by atoms with Gasteiger partial charge in [-0.15, -0.1) is 23.5 Å². The summed E-state index contributed by atoms with van der Waals surface area (Å²) in [6.07, 6.45) is 4.38. The van der Waals surface area contributed by atoms with Crippen LogP contribution in [-0.4, -0.2) is 121 Å². The molecule has 43 heavy (non-hydrogen) atoms. The van der Waals surface area contributed by atoms with Gasteiger partial charge in [-0.2, -0.15) is 5.06 Å². The first-order valence-electron chi connectivity index (χ1n) is 15.1. The Labute approximate surface area is 265 Å². The van der Waals surface area contributed by atoms with Gasteiger partial charge < -0.3 is 26.2 Å². The molecule has 0 radical (unpaired) electrons. The normalized spacial score (nSPS) is 13.3. The highest BCUT2D eigenvalue weighted by Gasteiger charge is 2.23. The van der Waals surface area contributed by atoms with Gasteiger partial charge in [-0.05, 0) is 39.0 Å². The second-order valence-corrected chi connectivity index (χ2v) is 12.6. The van der Waals surface area contributed by atoms with E-state index in [1.165, 1.54) is 30.4 Å². The second-order valence-electron chi connectivity index (χ2n) is 10.6. The fraction of sp³-hybridized carbons (Fsp3) is 0.828. The number of carbonyl (C=O) groups is 5. The molecule has 0 spiro atoms. The number of aliphatic hydroxyl groups is 2. The number of rotatable bonds is 28. The average Bonchev–Trinajstić information content (AvgIpc) is 2.95. The summed E-state index contributed by atoms with van der Waals surface area (Å²) in [5, 5.41) is 28.0. The molecule has 0 fully saturated rings. The number of hydrogen-bond donors (Lipinski definition) is 5. The van der Waals surface area contributed by atoms with Crippen molar-refractivity contribution in [2.45, 2.75) is 71.3 Å². The number of Topliss-reactive ketones (excluding diaryl/α,β-unsaturated/α-hetero) is 2. The molecule has 0 aliphatic rings. The number of aliphatic hydroxyl groups excluding tert-OH is 2. The molecule has 0 bridgehead atoms. The Kier molecular flexibility index (Phi) is 25.6. The summed E-state index contributed by atoms with van der Waals surface area (Å²) in [5.41, 5.74) is 0. The Morgan fingerprint density at radius 3 is 1.79 bits per heavy atom. The summed E-state index contributed by atoms with van der Waals surface area (Å²) < 4.78 is 0. The molecule has 5 N–H and O–H groups in total. The Bertz CT molecular complexity index is 819. The van der Waals surface area contributed by atoms with Crippen molar-refractivity contribution in [3.63, 3.8) is 0 Å². The van der Waals surface area contributed by atoms with Gasteiger partial charge in [0.25, 0.3) is 0 Å². The number of unbranched alkanes of at least 4 members (excludes halogenated alkanes) is 2. The van der Waals surface area contributed by atoms with E-state index >= 15 is 0 Å².